The Kier molecular flexibility index (Phi) is 5.29. The standard InChI is InChI=1S/C15H19ClFIN2/c1-9(2)4-5-10(3)20-14-6-11(17)12(18)7-13(14)19-15(20)8-16/h6-7,9-10H,4-5,8H2,1-3H3. The Morgan fingerprint density at radius 2 is 2.00 bits per heavy atom. The molecule has 0 aliphatic rings. The van der Waals surface area contributed by atoms with Crippen molar-refractivity contribution in [1.29, 1.82) is 0 Å². The van der Waals surface area contributed by atoms with Gasteiger partial charge in [0.25, 0.3) is 0 Å². The van der Waals surface area contributed by atoms with Gasteiger partial charge in [0.2, 0.25) is 0 Å². The van der Waals surface area contributed by atoms with E-state index in [9.17, 15) is 4.39 Å². The molecule has 0 radical (unpaired) electrons. The highest BCUT2D eigenvalue weighted by molar-refractivity contribution is 14.1. The van der Waals surface area contributed by atoms with Crippen molar-refractivity contribution >= 4 is 45.2 Å². The van der Waals surface area contributed by atoms with Crippen LogP contribution in [0.15, 0.2) is 12.1 Å². The van der Waals surface area contributed by atoms with Crippen LogP contribution < -0.4 is 0 Å². The summed E-state index contributed by atoms with van der Waals surface area (Å²) in [4.78, 5) is 4.54. The molecular formula is C15H19ClFIN2. The van der Waals surface area contributed by atoms with Gasteiger partial charge in [0.1, 0.15) is 11.6 Å². The second-order valence-electron chi connectivity index (χ2n) is 5.61. The molecule has 1 aromatic heterocycles. The Bertz CT molecular complexity index is 609. The highest BCUT2D eigenvalue weighted by Gasteiger charge is 2.17. The van der Waals surface area contributed by atoms with E-state index in [0.717, 1.165) is 29.7 Å². The van der Waals surface area contributed by atoms with Crippen LogP contribution in [0.2, 0.25) is 0 Å². The Morgan fingerprint density at radius 3 is 2.60 bits per heavy atom. The molecule has 0 aliphatic carbocycles. The summed E-state index contributed by atoms with van der Waals surface area (Å²) in [7, 11) is 0. The molecule has 1 atom stereocenters. The zero-order chi connectivity index (χ0) is 14.9. The summed E-state index contributed by atoms with van der Waals surface area (Å²) in [5.74, 6) is 1.62. The summed E-state index contributed by atoms with van der Waals surface area (Å²) in [6.07, 6.45) is 2.18. The second-order valence-corrected chi connectivity index (χ2v) is 7.04. The highest BCUT2D eigenvalue weighted by Crippen LogP contribution is 2.28. The molecule has 0 saturated heterocycles. The van der Waals surface area contributed by atoms with Crippen LogP contribution in [-0.4, -0.2) is 9.55 Å². The van der Waals surface area contributed by atoms with Gasteiger partial charge in [0.05, 0.1) is 20.5 Å². The zero-order valence-corrected chi connectivity index (χ0v) is 14.9. The van der Waals surface area contributed by atoms with Crippen molar-refractivity contribution < 1.29 is 4.39 Å². The number of rotatable bonds is 5. The van der Waals surface area contributed by atoms with E-state index in [1.807, 2.05) is 22.6 Å². The molecule has 20 heavy (non-hydrogen) atoms. The Morgan fingerprint density at radius 1 is 1.30 bits per heavy atom. The number of hydrogen-bond acceptors (Lipinski definition) is 1. The van der Waals surface area contributed by atoms with Gasteiger partial charge in [-0.05, 0) is 54.3 Å². The fourth-order valence-electron chi connectivity index (χ4n) is 2.43. The predicted octanol–water partition coefficient (Wildman–Crippen LogP) is 5.52. The number of alkyl halides is 1. The van der Waals surface area contributed by atoms with E-state index in [0.29, 0.717) is 15.4 Å². The van der Waals surface area contributed by atoms with Crippen LogP contribution in [0.1, 0.15) is 45.5 Å². The lowest BCUT2D eigenvalue weighted by Crippen LogP contribution is -2.09. The van der Waals surface area contributed by atoms with Crippen molar-refractivity contribution in [2.75, 3.05) is 0 Å². The van der Waals surface area contributed by atoms with Crippen LogP contribution in [0.25, 0.3) is 11.0 Å². The van der Waals surface area contributed by atoms with E-state index in [2.05, 4.69) is 30.3 Å². The van der Waals surface area contributed by atoms with Gasteiger partial charge in [-0.15, -0.1) is 11.6 Å². The average Bonchev–Trinajstić information content (AvgIpc) is 2.74. The molecule has 1 aromatic carbocycles. The van der Waals surface area contributed by atoms with Crippen LogP contribution >= 0.6 is 34.2 Å². The van der Waals surface area contributed by atoms with Crippen molar-refractivity contribution in [3.63, 3.8) is 0 Å². The summed E-state index contributed by atoms with van der Waals surface area (Å²) in [6, 6.07) is 3.63. The number of nitrogens with zero attached hydrogens (tertiary/aromatic N) is 2. The average molecular weight is 409 g/mol. The molecule has 0 spiro atoms. The summed E-state index contributed by atoms with van der Waals surface area (Å²) in [5, 5.41) is 0. The third-order valence-electron chi connectivity index (χ3n) is 3.53. The number of imidazole rings is 1. The lowest BCUT2D eigenvalue weighted by atomic mass is 10.0. The lowest BCUT2D eigenvalue weighted by Gasteiger charge is -2.18. The number of halogens is 3. The van der Waals surface area contributed by atoms with Gasteiger partial charge in [0.15, 0.2) is 0 Å². The Balaban J connectivity index is 2.46. The van der Waals surface area contributed by atoms with Crippen LogP contribution in [0.3, 0.4) is 0 Å². The SMILES string of the molecule is CC(C)CCC(C)n1c(CCl)nc2cc(I)c(F)cc21. The van der Waals surface area contributed by atoms with Crippen LogP contribution in [0.4, 0.5) is 4.39 Å². The summed E-state index contributed by atoms with van der Waals surface area (Å²) < 4.78 is 16.5. The largest absolute Gasteiger partial charge is 0.324 e. The van der Waals surface area contributed by atoms with Crippen LogP contribution in [0, 0.1) is 15.3 Å². The van der Waals surface area contributed by atoms with Crippen molar-refractivity contribution in [3.8, 4) is 0 Å². The van der Waals surface area contributed by atoms with Gasteiger partial charge in [-0.25, -0.2) is 9.37 Å². The third kappa shape index (κ3) is 3.27. The second kappa shape index (κ2) is 6.60. The predicted molar refractivity (Wildman–Crippen MR) is 90.7 cm³/mol. The molecule has 0 N–H and O–H groups in total. The van der Waals surface area contributed by atoms with Crippen LogP contribution in [0.5, 0.6) is 0 Å². The van der Waals surface area contributed by atoms with E-state index in [1.54, 1.807) is 12.1 Å². The topological polar surface area (TPSA) is 17.8 Å². The van der Waals surface area contributed by atoms with Gasteiger partial charge in [-0.3, -0.25) is 0 Å². The molecule has 0 amide bonds. The molecule has 2 nitrogen and oxygen atoms in total. The Labute approximate surface area is 137 Å². The first-order valence-electron chi connectivity index (χ1n) is 6.85. The zero-order valence-electron chi connectivity index (χ0n) is 12.0. The summed E-state index contributed by atoms with van der Waals surface area (Å²) >= 11 is 8.00. The van der Waals surface area contributed by atoms with Gasteiger partial charge in [0, 0.05) is 12.1 Å². The number of aromatic nitrogens is 2. The van der Waals surface area contributed by atoms with Gasteiger partial charge < -0.3 is 4.57 Å². The van der Waals surface area contributed by atoms with E-state index in [-0.39, 0.29) is 11.9 Å². The van der Waals surface area contributed by atoms with Crippen molar-refractivity contribution in [3.05, 3.63) is 27.3 Å². The first-order chi connectivity index (χ1) is 9.43. The van der Waals surface area contributed by atoms with Crippen molar-refractivity contribution in [2.45, 2.75) is 45.5 Å². The minimum atomic E-state index is -0.198. The van der Waals surface area contributed by atoms with Crippen LogP contribution in [-0.2, 0) is 5.88 Å². The van der Waals surface area contributed by atoms with E-state index in [4.69, 9.17) is 11.6 Å². The molecule has 1 heterocycles. The monoisotopic (exact) mass is 408 g/mol. The van der Waals surface area contributed by atoms with Crippen molar-refractivity contribution in [2.24, 2.45) is 5.92 Å². The van der Waals surface area contributed by atoms with E-state index in [1.165, 1.54) is 0 Å². The fourth-order valence-corrected chi connectivity index (χ4v) is 3.07. The molecule has 5 heteroatoms. The fraction of sp³-hybridized carbons (Fsp3) is 0.533. The maximum Gasteiger partial charge on any atom is 0.138 e. The molecule has 1 unspecified atom stereocenters. The highest BCUT2D eigenvalue weighted by atomic mass is 127. The molecule has 0 saturated carbocycles. The van der Waals surface area contributed by atoms with E-state index >= 15 is 0 Å². The normalized spacial score (nSPS) is 13.3. The van der Waals surface area contributed by atoms with E-state index < -0.39 is 0 Å². The van der Waals surface area contributed by atoms with Gasteiger partial charge >= 0.3 is 0 Å². The maximum atomic E-state index is 13.8. The molecule has 2 aromatic rings. The number of benzene rings is 1. The molecule has 0 bridgehead atoms. The van der Waals surface area contributed by atoms with Gasteiger partial charge in [-0.2, -0.15) is 0 Å². The third-order valence-corrected chi connectivity index (χ3v) is 4.59. The summed E-state index contributed by atoms with van der Waals surface area (Å²) in [5.41, 5.74) is 1.66. The number of hydrogen-bond donors (Lipinski definition) is 0. The smallest absolute Gasteiger partial charge is 0.138 e. The maximum absolute atomic E-state index is 13.8. The first kappa shape index (κ1) is 16.0. The minimum absolute atomic E-state index is 0.198. The minimum Gasteiger partial charge on any atom is -0.324 e. The molecule has 2 rings (SSSR count). The van der Waals surface area contributed by atoms with Gasteiger partial charge in [-0.1, -0.05) is 13.8 Å². The molecular weight excluding hydrogens is 390 g/mol. The molecule has 0 aliphatic heterocycles. The summed E-state index contributed by atoms with van der Waals surface area (Å²) in [6.45, 7) is 6.57. The van der Waals surface area contributed by atoms with Crippen molar-refractivity contribution in [1.82, 2.24) is 9.55 Å². The Hall–Kier alpha value is -0.360. The number of fused-ring (bicyclic) bond motifs is 1. The first-order valence-corrected chi connectivity index (χ1v) is 8.47. The molecule has 110 valence electrons. The molecule has 0 fully saturated rings. The quantitative estimate of drug-likeness (QED) is 0.471. The lowest BCUT2D eigenvalue weighted by molar-refractivity contribution is 0.439.